The van der Waals surface area contributed by atoms with Crippen molar-refractivity contribution in [3.63, 3.8) is 0 Å². The molecule has 0 radical (unpaired) electrons. The maximum Gasteiger partial charge on any atom is 0.281 e. The molecule has 0 aliphatic carbocycles. The number of aromatic nitrogens is 4. The Balaban J connectivity index is 1.98. The molecule has 1 aliphatic rings. The molecule has 21 heavy (non-hydrogen) atoms. The van der Waals surface area contributed by atoms with Gasteiger partial charge in [-0.1, -0.05) is 0 Å². The summed E-state index contributed by atoms with van der Waals surface area (Å²) < 4.78 is 16.5. The molecule has 0 atom stereocenters. The van der Waals surface area contributed by atoms with E-state index in [0.717, 1.165) is 30.8 Å². The van der Waals surface area contributed by atoms with Crippen LogP contribution < -0.4 is 5.56 Å². The van der Waals surface area contributed by atoms with Crippen LogP contribution in [-0.4, -0.2) is 19.1 Å². The minimum Gasteiger partial charge on any atom is -0.295 e. The first kappa shape index (κ1) is 12.3. The number of nitrogens with zero attached hydrogens (tertiary/aromatic N) is 4. The Morgan fingerprint density at radius 1 is 1.14 bits per heavy atom. The number of imidazole rings is 1. The Bertz CT molecular complexity index is 879. The number of rotatable bonds is 1. The number of benzene rings is 1. The molecule has 106 valence electrons. The predicted octanol–water partition coefficient (Wildman–Crippen LogP) is 2.06. The van der Waals surface area contributed by atoms with Gasteiger partial charge in [0.1, 0.15) is 18.0 Å². The van der Waals surface area contributed by atoms with E-state index < -0.39 is 0 Å². The fourth-order valence-corrected chi connectivity index (χ4v) is 2.79. The fourth-order valence-electron chi connectivity index (χ4n) is 2.79. The van der Waals surface area contributed by atoms with E-state index in [9.17, 15) is 9.18 Å². The SMILES string of the molecule is O=c1c2ncn(-c3ccc(F)cc3)c2nc2n1CCCC2. The third kappa shape index (κ3) is 1.86. The third-order valence-electron chi connectivity index (χ3n) is 3.87. The van der Waals surface area contributed by atoms with E-state index in [1.165, 1.54) is 12.1 Å². The average molecular weight is 284 g/mol. The Morgan fingerprint density at radius 3 is 2.76 bits per heavy atom. The molecule has 0 bridgehead atoms. The molecule has 6 heteroatoms. The van der Waals surface area contributed by atoms with Gasteiger partial charge in [-0.05, 0) is 37.1 Å². The first-order chi connectivity index (χ1) is 10.2. The summed E-state index contributed by atoms with van der Waals surface area (Å²) in [5.41, 5.74) is 1.56. The van der Waals surface area contributed by atoms with Crippen LogP contribution in [-0.2, 0) is 13.0 Å². The highest BCUT2D eigenvalue weighted by Crippen LogP contribution is 2.18. The van der Waals surface area contributed by atoms with E-state index in [4.69, 9.17) is 0 Å². The zero-order valence-corrected chi connectivity index (χ0v) is 11.3. The van der Waals surface area contributed by atoms with Gasteiger partial charge in [0.2, 0.25) is 0 Å². The maximum absolute atomic E-state index is 13.0. The van der Waals surface area contributed by atoms with Gasteiger partial charge >= 0.3 is 0 Å². The first-order valence-corrected chi connectivity index (χ1v) is 6.97. The van der Waals surface area contributed by atoms with E-state index in [1.54, 1.807) is 27.6 Å². The summed E-state index contributed by atoms with van der Waals surface area (Å²) in [6, 6.07) is 6.06. The average Bonchev–Trinajstić information content (AvgIpc) is 2.92. The summed E-state index contributed by atoms with van der Waals surface area (Å²) >= 11 is 0. The summed E-state index contributed by atoms with van der Waals surface area (Å²) in [6.45, 7) is 0.709. The van der Waals surface area contributed by atoms with Crippen LogP contribution >= 0.6 is 0 Å². The van der Waals surface area contributed by atoms with Crippen molar-refractivity contribution in [1.29, 1.82) is 0 Å². The molecule has 0 amide bonds. The lowest BCUT2D eigenvalue weighted by atomic mass is 10.1. The molecule has 1 aliphatic heterocycles. The van der Waals surface area contributed by atoms with Crippen LogP contribution in [0.2, 0.25) is 0 Å². The predicted molar refractivity (Wildman–Crippen MR) is 76.0 cm³/mol. The minimum atomic E-state index is -0.298. The smallest absolute Gasteiger partial charge is 0.281 e. The van der Waals surface area contributed by atoms with Crippen LogP contribution in [0.15, 0.2) is 35.4 Å². The molecular formula is C15H13FN4O. The summed E-state index contributed by atoms with van der Waals surface area (Å²) in [7, 11) is 0. The van der Waals surface area contributed by atoms with Crippen molar-refractivity contribution >= 4 is 11.2 Å². The molecule has 0 saturated heterocycles. The van der Waals surface area contributed by atoms with Gasteiger partial charge in [-0.2, -0.15) is 0 Å². The molecule has 5 nitrogen and oxygen atoms in total. The lowest BCUT2D eigenvalue weighted by Gasteiger charge is -2.16. The summed E-state index contributed by atoms with van der Waals surface area (Å²) in [6.07, 6.45) is 4.42. The van der Waals surface area contributed by atoms with Crippen LogP contribution in [0.5, 0.6) is 0 Å². The van der Waals surface area contributed by atoms with Crippen molar-refractivity contribution in [2.45, 2.75) is 25.8 Å². The highest BCUT2D eigenvalue weighted by atomic mass is 19.1. The van der Waals surface area contributed by atoms with Gasteiger partial charge in [0.05, 0.1) is 0 Å². The molecule has 0 fully saturated rings. The van der Waals surface area contributed by atoms with Gasteiger partial charge in [0, 0.05) is 18.7 Å². The third-order valence-corrected chi connectivity index (χ3v) is 3.87. The standard InChI is InChI=1S/C15H13FN4O/c16-10-4-6-11(7-5-10)20-9-17-13-14(20)18-12-3-1-2-8-19(12)15(13)21/h4-7,9H,1-3,8H2. The topological polar surface area (TPSA) is 52.7 Å². The highest BCUT2D eigenvalue weighted by molar-refractivity contribution is 5.72. The summed E-state index contributed by atoms with van der Waals surface area (Å²) in [4.78, 5) is 21.3. The van der Waals surface area contributed by atoms with Crippen LogP contribution in [0.1, 0.15) is 18.7 Å². The summed E-state index contributed by atoms with van der Waals surface area (Å²) in [5.74, 6) is 0.510. The van der Waals surface area contributed by atoms with Gasteiger partial charge in [-0.3, -0.25) is 13.9 Å². The van der Waals surface area contributed by atoms with E-state index in [0.29, 0.717) is 17.7 Å². The highest BCUT2D eigenvalue weighted by Gasteiger charge is 2.18. The van der Waals surface area contributed by atoms with Crippen molar-refractivity contribution in [3.05, 3.63) is 52.6 Å². The molecule has 3 aromatic rings. The second-order valence-corrected chi connectivity index (χ2v) is 5.21. The molecule has 1 aromatic carbocycles. The zero-order chi connectivity index (χ0) is 14.4. The van der Waals surface area contributed by atoms with Gasteiger partial charge in [0.25, 0.3) is 5.56 Å². The molecule has 0 N–H and O–H groups in total. The van der Waals surface area contributed by atoms with E-state index in [-0.39, 0.29) is 11.4 Å². The molecule has 0 saturated carbocycles. The van der Waals surface area contributed by atoms with Crippen molar-refractivity contribution in [1.82, 2.24) is 19.1 Å². The molecule has 0 spiro atoms. The Morgan fingerprint density at radius 2 is 1.95 bits per heavy atom. The maximum atomic E-state index is 13.0. The molecule has 0 unspecified atom stereocenters. The fraction of sp³-hybridized carbons (Fsp3) is 0.267. The largest absolute Gasteiger partial charge is 0.295 e. The lowest BCUT2D eigenvalue weighted by molar-refractivity contribution is 0.500. The van der Waals surface area contributed by atoms with Crippen LogP contribution in [0, 0.1) is 5.82 Å². The van der Waals surface area contributed by atoms with E-state index in [1.807, 2.05) is 0 Å². The van der Waals surface area contributed by atoms with E-state index >= 15 is 0 Å². The lowest BCUT2D eigenvalue weighted by Crippen LogP contribution is -2.28. The zero-order valence-electron chi connectivity index (χ0n) is 11.3. The summed E-state index contributed by atoms with van der Waals surface area (Å²) in [5, 5.41) is 0. The molecule has 4 rings (SSSR count). The van der Waals surface area contributed by atoms with Gasteiger partial charge in [-0.15, -0.1) is 0 Å². The number of hydrogen-bond acceptors (Lipinski definition) is 3. The van der Waals surface area contributed by atoms with Crippen molar-refractivity contribution < 1.29 is 4.39 Å². The van der Waals surface area contributed by atoms with Crippen molar-refractivity contribution in [2.75, 3.05) is 0 Å². The molecular weight excluding hydrogens is 271 g/mol. The van der Waals surface area contributed by atoms with Crippen LogP contribution in [0.25, 0.3) is 16.9 Å². The van der Waals surface area contributed by atoms with Crippen molar-refractivity contribution in [2.24, 2.45) is 0 Å². The normalized spacial score (nSPS) is 14.3. The number of halogens is 1. The van der Waals surface area contributed by atoms with Gasteiger partial charge in [0.15, 0.2) is 11.2 Å². The number of aryl methyl sites for hydroxylation is 1. The van der Waals surface area contributed by atoms with Crippen molar-refractivity contribution in [3.8, 4) is 5.69 Å². The monoisotopic (exact) mass is 284 g/mol. The van der Waals surface area contributed by atoms with E-state index in [2.05, 4.69) is 9.97 Å². The molecule has 3 heterocycles. The Kier molecular flexibility index (Phi) is 2.63. The Labute approximate surface area is 119 Å². The quantitative estimate of drug-likeness (QED) is 0.687. The van der Waals surface area contributed by atoms with Crippen LogP contribution in [0.4, 0.5) is 4.39 Å². The second-order valence-electron chi connectivity index (χ2n) is 5.21. The number of hydrogen-bond donors (Lipinski definition) is 0. The van der Waals surface area contributed by atoms with Gasteiger partial charge < -0.3 is 0 Å². The molecule has 2 aromatic heterocycles. The first-order valence-electron chi connectivity index (χ1n) is 6.97. The van der Waals surface area contributed by atoms with Gasteiger partial charge in [-0.25, -0.2) is 14.4 Å². The second kappa shape index (κ2) is 4.51. The number of fused-ring (bicyclic) bond motifs is 2. The van der Waals surface area contributed by atoms with Crippen LogP contribution in [0.3, 0.4) is 0 Å². The minimum absolute atomic E-state index is 0.0874. The Hall–Kier alpha value is -2.50.